The largest absolute Gasteiger partial charge is 0.380 e. The predicted octanol–water partition coefficient (Wildman–Crippen LogP) is 1.82. The second-order valence-corrected chi connectivity index (χ2v) is 5.11. The van der Waals surface area contributed by atoms with Crippen LogP contribution in [0.3, 0.4) is 0 Å². The van der Waals surface area contributed by atoms with E-state index in [-0.39, 0.29) is 5.54 Å². The van der Waals surface area contributed by atoms with Gasteiger partial charge in [0.1, 0.15) is 0 Å². The van der Waals surface area contributed by atoms with Gasteiger partial charge in [-0.1, -0.05) is 13.8 Å². The standard InChI is InChI=1S/C12H25NO2/c1-11(2)9-14-8-6-13-12(3)5-4-7-15-10-12/h11,13H,4-10H2,1-3H3. The molecular formula is C12H25NO2. The monoisotopic (exact) mass is 215 g/mol. The molecule has 90 valence electrons. The van der Waals surface area contributed by atoms with Crippen molar-refractivity contribution in [2.24, 2.45) is 5.92 Å². The van der Waals surface area contributed by atoms with Gasteiger partial charge in [0.2, 0.25) is 0 Å². The number of hydrogen-bond donors (Lipinski definition) is 1. The first kappa shape index (κ1) is 12.9. The molecule has 0 spiro atoms. The maximum absolute atomic E-state index is 5.53. The Bertz CT molecular complexity index is 165. The number of ether oxygens (including phenoxy) is 2. The van der Waals surface area contributed by atoms with Gasteiger partial charge in [-0.3, -0.25) is 0 Å². The maximum Gasteiger partial charge on any atom is 0.0645 e. The normalized spacial score (nSPS) is 27.2. The van der Waals surface area contributed by atoms with Crippen LogP contribution in [-0.4, -0.2) is 38.5 Å². The molecule has 0 saturated carbocycles. The highest BCUT2D eigenvalue weighted by atomic mass is 16.5. The number of rotatable bonds is 6. The zero-order valence-corrected chi connectivity index (χ0v) is 10.3. The van der Waals surface area contributed by atoms with Gasteiger partial charge >= 0.3 is 0 Å². The molecule has 3 nitrogen and oxygen atoms in total. The Morgan fingerprint density at radius 1 is 1.47 bits per heavy atom. The van der Waals surface area contributed by atoms with E-state index in [1.54, 1.807) is 0 Å². The molecular weight excluding hydrogens is 190 g/mol. The van der Waals surface area contributed by atoms with E-state index in [1.165, 1.54) is 6.42 Å². The van der Waals surface area contributed by atoms with Crippen molar-refractivity contribution in [3.05, 3.63) is 0 Å². The molecule has 1 aliphatic heterocycles. The molecule has 1 rings (SSSR count). The van der Waals surface area contributed by atoms with Gasteiger partial charge in [-0.15, -0.1) is 0 Å². The molecule has 1 aliphatic rings. The molecule has 1 fully saturated rings. The highest BCUT2D eigenvalue weighted by Crippen LogP contribution is 2.17. The van der Waals surface area contributed by atoms with Crippen molar-refractivity contribution in [1.29, 1.82) is 0 Å². The van der Waals surface area contributed by atoms with Crippen LogP contribution in [0.1, 0.15) is 33.6 Å². The molecule has 15 heavy (non-hydrogen) atoms. The third-order valence-electron chi connectivity index (χ3n) is 2.69. The minimum atomic E-state index is 0.166. The van der Waals surface area contributed by atoms with Crippen LogP contribution < -0.4 is 5.32 Å². The van der Waals surface area contributed by atoms with E-state index in [2.05, 4.69) is 26.1 Å². The molecule has 0 aromatic heterocycles. The van der Waals surface area contributed by atoms with Crippen molar-refractivity contribution in [3.63, 3.8) is 0 Å². The lowest BCUT2D eigenvalue weighted by atomic mass is 9.95. The molecule has 0 aromatic carbocycles. The van der Waals surface area contributed by atoms with Gasteiger partial charge in [0, 0.05) is 25.3 Å². The van der Waals surface area contributed by atoms with E-state index >= 15 is 0 Å². The minimum absolute atomic E-state index is 0.166. The van der Waals surface area contributed by atoms with Crippen LogP contribution in [0.2, 0.25) is 0 Å². The van der Waals surface area contributed by atoms with Crippen LogP contribution >= 0.6 is 0 Å². The average Bonchev–Trinajstić information content (AvgIpc) is 2.17. The van der Waals surface area contributed by atoms with Crippen LogP contribution in [0.15, 0.2) is 0 Å². The quantitative estimate of drug-likeness (QED) is 0.686. The SMILES string of the molecule is CC(C)COCCNC1(C)CCCOC1. The Morgan fingerprint density at radius 3 is 2.87 bits per heavy atom. The molecule has 1 atom stereocenters. The van der Waals surface area contributed by atoms with Gasteiger partial charge in [-0.2, -0.15) is 0 Å². The Balaban J connectivity index is 2.03. The van der Waals surface area contributed by atoms with Gasteiger partial charge in [-0.25, -0.2) is 0 Å². The molecule has 0 amide bonds. The summed E-state index contributed by atoms with van der Waals surface area (Å²) in [4.78, 5) is 0. The topological polar surface area (TPSA) is 30.5 Å². The summed E-state index contributed by atoms with van der Waals surface area (Å²) in [5.74, 6) is 0.624. The van der Waals surface area contributed by atoms with Crippen molar-refractivity contribution in [2.45, 2.75) is 39.2 Å². The minimum Gasteiger partial charge on any atom is -0.380 e. The van der Waals surface area contributed by atoms with E-state index in [4.69, 9.17) is 9.47 Å². The Labute approximate surface area is 93.5 Å². The summed E-state index contributed by atoms with van der Waals surface area (Å²) in [5.41, 5.74) is 0.166. The summed E-state index contributed by atoms with van der Waals surface area (Å²) in [5, 5.41) is 3.52. The first-order valence-electron chi connectivity index (χ1n) is 6.03. The summed E-state index contributed by atoms with van der Waals surface area (Å²) in [6, 6.07) is 0. The summed E-state index contributed by atoms with van der Waals surface area (Å²) in [6.45, 7) is 10.9. The third-order valence-corrected chi connectivity index (χ3v) is 2.69. The molecule has 1 unspecified atom stereocenters. The average molecular weight is 215 g/mol. The van der Waals surface area contributed by atoms with Gasteiger partial charge in [0.25, 0.3) is 0 Å². The van der Waals surface area contributed by atoms with Gasteiger partial charge < -0.3 is 14.8 Å². The lowest BCUT2D eigenvalue weighted by Crippen LogP contribution is -2.50. The second kappa shape index (κ2) is 6.46. The summed E-state index contributed by atoms with van der Waals surface area (Å²) >= 11 is 0. The van der Waals surface area contributed by atoms with E-state index in [9.17, 15) is 0 Å². The van der Waals surface area contributed by atoms with Crippen LogP contribution in [0.5, 0.6) is 0 Å². The van der Waals surface area contributed by atoms with Crippen LogP contribution in [0, 0.1) is 5.92 Å². The first-order chi connectivity index (χ1) is 7.12. The first-order valence-corrected chi connectivity index (χ1v) is 6.03. The van der Waals surface area contributed by atoms with Crippen molar-refractivity contribution in [3.8, 4) is 0 Å². The van der Waals surface area contributed by atoms with E-state index in [0.717, 1.165) is 39.4 Å². The van der Waals surface area contributed by atoms with E-state index < -0.39 is 0 Å². The van der Waals surface area contributed by atoms with Crippen LogP contribution in [0.4, 0.5) is 0 Å². The molecule has 1 saturated heterocycles. The molecule has 1 heterocycles. The van der Waals surface area contributed by atoms with E-state index in [0.29, 0.717) is 5.92 Å². The Kier molecular flexibility index (Phi) is 5.58. The smallest absolute Gasteiger partial charge is 0.0645 e. The van der Waals surface area contributed by atoms with Crippen LogP contribution in [-0.2, 0) is 9.47 Å². The van der Waals surface area contributed by atoms with Gasteiger partial charge in [0.05, 0.1) is 13.2 Å². The molecule has 0 aliphatic carbocycles. The fourth-order valence-corrected chi connectivity index (χ4v) is 1.82. The Hall–Kier alpha value is -0.120. The van der Waals surface area contributed by atoms with E-state index in [1.807, 2.05) is 0 Å². The lowest BCUT2D eigenvalue weighted by Gasteiger charge is -2.34. The maximum atomic E-state index is 5.53. The molecule has 0 bridgehead atoms. The zero-order chi connectivity index (χ0) is 11.1. The van der Waals surface area contributed by atoms with Gasteiger partial charge in [0.15, 0.2) is 0 Å². The zero-order valence-electron chi connectivity index (χ0n) is 10.3. The van der Waals surface area contributed by atoms with Crippen molar-refractivity contribution >= 4 is 0 Å². The number of nitrogens with one attached hydrogen (secondary N) is 1. The fraction of sp³-hybridized carbons (Fsp3) is 1.00. The highest BCUT2D eigenvalue weighted by molar-refractivity contribution is 4.84. The molecule has 0 aromatic rings. The van der Waals surface area contributed by atoms with Crippen molar-refractivity contribution in [1.82, 2.24) is 5.32 Å². The summed E-state index contributed by atoms with van der Waals surface area (Å²) in [6.07, 6.45) is 2.37. The van der Waals surface area contributed by atoms with Gasteiger partial charge in [-0.05, 0) is 25.7 Å². The number of hydrogen-bond acceptors (Lipinski definition) is 3. The lowest BCUT2D eigenvalue weighted by molar-refractivity contribution is 0.0228. The van der Waals surface area contributed by atoms with Crippen LogP contribution in [0.25, 0.3) is 0 Å². The molecule has 0 radical (unpaired) electrons. The fourth-order valence-electron chi connectivity index (χ4n) is 1.82. The third kappa shape index (κ3) is 5.50. The predicted molar refractivity (Wildman–Crippen MR) is 62.1 cm³/mol. The Morgan fingerprint density at radius 2 is 2.27 bits per heavy atom. The second-order valence-electron chi connectivity index (χ2n) is 5.11. The molecule has 1 N–H and O–H groups in total. The summed E-state index contributed by atoms with van der Waals surface area (Å²) < 4.78 is 11.0. The van der Waals surface area contributed by atoms with Crippen molar-refractivity contribution < 1.29 is 9.47 Å². The highest BCUT2D eigenvalue weighted by Gasteiger charge is 2.26. The molecule has 3 heteroatoms. The summed E-state index contributed by atoms with van der Waals surface area (Å²) in [7, 11) is 0. The van der Waals surface area contributed by atoms with Crippen molar-refractivity contribution in [2.75, 3.05) is 33.0 Å².